The summed E-state index contributed by atoms with van der Waals surface area (Å²) in [4.78, 5) is 38.0. The first-order valence-electron chi connectivity index (χ1n) is 12.0. The van der Waals surface area contributed by atoms with E-state index in [2.05, 4.69) is 21.8 Å². The average molecular weight is 479 g/mol. The van der Waals surface area contributed by atoms with Crippen molar-refractivity contribution in [3.05, 3.63) is 34.9 Å². The quantitative estimate of drug-likeness (QED) is 0.620. The summed E-state index contributed by atoms with van der Waals surface area (Å²) in [6.07, 6.45) is -0.221. The lowest BCUT2D eigenvalue weighted by Gasteiger charge is -2.47. The molecule has 1 aromatic heterocycles. The lowest BCUT2D eigenvalue weighted by Crippen LogP contribution is -2.58. The number of carbonyl (C=O) groups is 2. The number of ether oxygens (including phenoxy) is 1. The maximum atomic E-state index is 13.6. The molecule has 2 saturated heterocycles. The van der Waals surface area contributed by atoms with Crippen LogP contribution in [0.5, 0.6) is 0 Å². The van der Waals surface area contributed by atoms with Gasteiger partial charge in [-0.2, -0.15) is 13.2 Å². The highest BCUT2D eigenvalue weighted by Gasteiger charge is 2.55. The number of amides is 1. The number of aromatic nitrogens is 2. The third-order valence-corrected chi connectivity index (χ3v) is 8.06. The van der Waals surface area contributed by atoms with Crippen molar-refractivity contribution in [2.24, 2.45) is 11.8 Å². The van der Waals surface area contributed by atoms with Crippen LogP contribution in [0.15, 0.2) is 23.4 Å². The van der Waals surface area contributed by atoms with Gasteiger partial charge in [0.2, 0.25) is 0 Å². The minimum absolute atomic E-state index is 0.0343. The zero-order valence-electron chi connectivity index (χ0n) is 19.4. The normalized spacial score (nSPS) is 28.8. The molecule has 34 heavy (non-hydrogen) atoms. The van der Waals surface area contributed by atoms with Crippen LogP contribution < -0.4 is 0 Å². The van der Waals surface area contributed by atoms with Crippen molar-refractivity contribution in [3.8, 4) is 0 Å². The molecule has 10 heteroatoms. The molecule has 0 aromatic carbocycles. The fourth-order valence-electron chi connectivity index (χ4n) is 6.19. The summed E-state index contributed by atoms with van der Waals surface area (Å²) in [7, 11) is 0. The molecule has 4 aliphatic rings. The van der Waals surface area contributed by atoms with E-state index in [1.54, 1.807) is 6.92 Å². The summed E-state index contributed by atoms with van der Waals surface area (Å²) in [6, 6.07) is 0.913. The maximum Gasteiger partial charge on any atom is 0.433 e. The third-order valence-electron chi connectivity index (χ3n) is 8.06. The Hall–Kier alpha value is -2.49. The second kappa shape index (κ2) is 8.32. The standard InChI is InChI=1S/C24H29F3N4O3/c1-3-30-8-5-23(6-9-30)20(14(2)22(33)34-23)21(32)31-13-16-10-15(11-17(16)31)12-19-28-7-4-18(29-19)24(25,26)27/h4,7,15-17H,3,5-6,8-13H2,1-2H3/t15?,16-,17?/m1/s1. The van der Waals surface area contributed by atoms with Crippen molar-refractivity contribution in [2.75, 3.05) is 26.2 Å². The van der Waals surface area contributed by atoms with Gasteiger partial charge in [-0.15, -0.1) is 0 Å². The van der Waals surface area contributed by atoms with Gasteiger partial charge >= 0.3 is 12.1 Å². The van der Waals surface area contributed by atoms with Crippen LogP contribution in [-0.2, 0) is 26.9 Å². The number of hydrogen-bond acceptors (Lipinski definition) is 6. The molecule has 0 radical (unpaired) electrons. The molecule has 184 valence electrons. The predicted octanol–water partition coefficient (Wildman–Crippen LogP) is 3.00. The SMILES string of the molecule is CCN1CCC2(CC1)OC(=O)C(C)=C2C(=O)N1C[C@H]2CC(Cc3nccc(C(F)(F)F)n3)CC21. The highest BCUT2D eigenvalue weighted by molar-refractivity contribution is 6.07. The van der Waals surface area contributed by atoms with Crippen molar-refractivity contribution in [2.45, 2.75) is 63.8 Å². The molecule has 0 bridgehead atoms. The molecule has 1 amide bonds. The van der Waals surface area contributed by atoms with Gasteiger partial charge < -0.3 is 14.5 Å². The molecule has 1 aliphatic carbocycles. The number of carbonyl (C=O) groups excluding carboxylic acids is 2. The first-order chi connectivity index (χ1) is 16.1. The highest BCUT2D eigenvalue weighted by Crippen LogP contribution is 2.47. The Bertz CT molecular complexity index is 1030. The molecule has 1 aromatic rings. The van der Waals surface area contributed by atoms with Crippen LogP contribution in [0.25, 0.3) is 0 Å². The largest absolute Gasteiger partial charge is 0.450 e. The Morgan fingerprint density at radius 3 is 2.68 bits per heavy atom. The summed E-state index contributed by atoms with van der Waals surface area (Å²) in [5, 5.41) is 0. The van der Waals surface area contributed by atoms with Crippen molar-refractivity contribution in [3.63, 3.8) is 0 Å². The van der Waals surface area contributed by atoms with Gasteiger partial charge in [-0.3, -0.25) is 4.79 Å². The molecule has 7 nitrogen and oxygen atoms in total. The summed E-state index contributed by atoms with van der Waals surface area (Å²) in [5.74, 6) is 0.0991. The summed E-state index contributed by atoms with van der Waals surface area (Å²) >= 11 is 0. The minimum atomic E-state index is -4.49. The van der Waals surface area contributed by atoms with E-state index in [9.17, 15) is 22.8 Å². The zero-order valence-corrected chi connectivity index (χ0v) is 19.4. The molecule has 1 spiro atoms. The molecule has 4 heterocycles. The van der Waals surface area contributed by atoms with Gasteiger partial charge in [-0.1, -0.05) is 6.92 Å². The van der Waals surface area contributed by atoms with Gasteiger partial charge in [0, 0.05) is 56.7 Å². The van der Waals surface area contributed by atoms with Crippen LogP contribution in [0.3, 0.4) is 0 Å². The van der Waals surface area contributed by atoms with Gasteiger partial charge in [0.1, 0.15) is 17.1 Å². The second-order valence-corrected chi connectivity index (χ2v) is 10.0. The van der Waals surface area contributed by atoms with Crippen molar-refractivity contribution in [1.82, 2.24) is 19.8 Å². The monoisotopic (exact) mass is 478 g/mol. The molecular formula is C24H29F3N4O3. The lowest BCUT2D eigenvalue weighted by atomic mass is 9.80. The molecule has 3 atom stereocenters. The van der Waals surface area contributed by atoms with Crippen LogP contribution in [0.4, 0.5) is 13.2 Å². The van der Waals surface area contributed by atoms with E-state index < -0.39 is 23.4 Å². The van der Waals surface area contributed by atoms with Crippen LogP contribution in [0.2, 0.25) is 0 Å². The maximum absolute atomic E-state index is 13.6. The average Bonchev–Trinajstić information content (AvgIpc) is 3.21. The van der Waals surface area contributed by atoms with Gasteiger partial charge in [0.05, 0.1) is 5.57 Å². The molecule has 2 unspecified atom stereocenters. The highest BCUT2D eigenvalue weighted by atomic mass is 19.4. The summed E-state index contributed by atoms with van der Waals surface area (Å²) in [5.41, 5.74) is -0.844. The van der Waals surface area contributed by atoms with Gasteiger partial charge in [-0.25, -0.2) is 14.8 Å². The first kappa shape index (κ1) is 23.3. The zero-order chi connectivity index (χ0) is 24.3. The minimum Gasteiger partial charge on any atom is -0.450 e. The number of likely N-dealkylation sites (tertiary alicyclic amines) is 2. The first-order valence-corrected chi connectivity index (χ1v) is 12.0. The van der Waals surface area contributed by atoms with E-state index in [-0.39, 0.29) is 23.7 Å². The van der Waals surface area contributed by atoms with Crippen LogP contribution >= 0.6 is 0 Å². The van der Waals surface area contributed by atoms with E-state index >= 15 is 0 Å². The van der Waals surface area contributed by atoms with Crippen LogP contribution in [0.1, 0.15) is 51.0 Å². The number of piperidine rings is 1. The molecule has 1 saturated carbocycles. The summed E-state index contributed by atoms with van der Waals surface area (Å²) < 4.78 is 44.7. The van der Waals surface area contributed by atoms with Crippen LogP contribution in [-0.4, -0.2) is 69.5 Å². The third kappa shape index (κ3) is 3.89. The molecule has 3 aliphatic heterocycles. The Labute approximate surface area is 196 Å². The molecule has 5 rings (SSSR count). The number of rotatable bonds is 4. The number of halogens is 3. The van der Waals surface area contributed by atoms with E-state index in [0.717, 1.165) is 38.3 Å². The number of hydrogen-bond donors (Lipinski definition) is 0. The van der Waals surface area contributed by atoms with E-state index in [1.165, 1.54) is 0 Å². The van der Waals surface area contributed by atoms with Gasteiger partial charge in [0.15, 0.2) is 0 Å². The number of esters is 1. The van der Waals surface area contributed by atoms with E-state index in [4.69, 9.17) is 4.74 Å². The smallest absolute Gasteiger partial charge is 0.433 e. The molecule has 0 N–H and O–H groups in total. The lowest BCUT2D eigenvalue weighted by molar-refractivity contribution is -0.152. The number of alkyl halides is 3. The number of nitrogens with zero attached hydrogens (tertiary/aromatic N) is 4. The van der Waals surface area contributed by atoms with Crippen molar-refractivity contribution >= 4 is 11.9 Å². The fraction of sp³-hybridized carbons (Fsp3) is 0.667. The number of fused-ring (bicyclic) bond motifs is 1. The van der Waals surface area contributed by atoms with Crippen LogP contribution in [0, 0.1) is 11.8 Å². The second-order valence-electron chi connectivity index (χ2n) is 10.0. The van der Waals surface area contributed by atoms with Crippen molar-refractivity contribution in [1.29, 1.82) is 0 Å². The topological polar surface area (TPSA) is 75.6 Å². The predicted molar refractivity (Wildman–Crippen MR) is 115 cm³/mol. The molecular weight excluding hydrogens is 449 g/mol. The van der Waals surface area contributed by atoms with Gasteiger partial charge in [-0.05, 0) is 44.2 Å². The Kier molecular flexibility index (Phi) is 5.69. The van der Waals surface area contributed by atoms with E-state index in [0.29, 0.717) is 49.3 Å². The Balaban J connectivity index is 1.27. The summed E-state index contributed by atoms with van der Waals surface area (Å²) in [6.45, 7) is 6.84. The fourth-order valence-corrected chi connectivity index (χ4v) is 6.19. The Morgan fingerprint density at radius 1 is 1.26 bits per heavy atom. The van der Waals surface area contributed by atoms with E-state index in [1.807, 2.05) is 4.90 Å². The van der Waals surface area contributed by atoms with Gasteiger partial charge in [0.25, 0.3) is 5.91 Å². The van der Waals surface area contributed by atoms with Crippen molar-refractivity contribution < 1.29 is 27.5 Å². The Morgan fingerprint density at radius 2 is 2.00 bits per heavy atom. The molecule has 3 fully saturated rings.